The molecule has 2 atom stereocenters. The van der Waals surface area contributed by atoms with Crippen molar-refractivity contribution in [1.29, 1.82) is 0 Å². The predicted molar refractivity (Wildman–Crippen MR) is 79.8 cm³/mol. The average molecular weight is 299 g/mol. The highest BCUT2D eigenvalue weighted by atomic mass is 32.2. The molecule has 0 aromatic heterocycles. The molecular weight excluding hydrogens is 274 g/mol. The van der Waals surface area contributed by atoms with Crippen molar-refractivity contribution in [3.05, 3.63) is 0 Å². The predicted octanol–water partition coefficient (Wildman–Crippen LogP) is 1.66. The summed E-state index contributed by atoms with van der Waals surface area (Å²) in [5, 5.41) is 10.2. The molecule has 4 nitrogen and oxygen atoms in total. The molecule has 2 saturated carbocycles. The lowest BCUT2D eigenvalue weighted by molar-refractivity contribution is -0.210. The van der Waals surface area contributed by atoms with Crippen LogP contribution < -0.4 is 0 Å². The first kappa shape index (κ1) is 14.7. The van der Waals surface area contributed by atoms with Crippen molar-refractivity contribution in [2.24, 2.45) is 5.41 Å². The zero-order valence-electron chi connectivity index (χ0n) is 12.4. The zero-order chi connectivity index (χ0) is 14.4. The van der Waals surface area contributed by atoms with E-state index < -0.39 is 0 Å². The Morgan fingerprint density at radius 3 is 2.45 bits per heavy atom. The molecular formula is C15H25NO3S. The normalized spacial score (nSPS) is 33.9. The van der Waals surface area contributed by atoms with Gasteiger partial charge in [-0.25, -0.2) is 0 Å². The van der Waals surface area contributed by atoms with Crippen LogP contribution in [0, 0.1) is 5.41 Å². The van der Waals surface area contributed by atoms with Crippen molar-refractivity contribution < 1.29 is 14.6 Å². The number of amides is 1. The van der Waals surface area contributed by atoms with Crippen LogP contribution in [-0.4, -0.2) is 58.8 Å². The van der Waals surface area contributed by atoms with Gasteiger partial charge in [-0.05, 0) is 38.9 Å². The molecule has 114 valence electrons. The highest BCUT2D eigenvalue weighted by Crippen LogP contribution is 2.53. The summed E-state index contributed by atoms with van der Waals surface area (Å²) >= 11 is 1.70. The third-order valence-electron chi connectivity index (χ3n) is 5.58. The fraction of sp³-hybridized carbons (Fsp3) is 0.933. The van der Waals surface area contributed by atoms with E-state index in [0.29, 0.717) is 12.5 Å². The first-order valence-corrected chi connectivity index (χ1v) is 8.95. The van der Waals surface area contributed by atoms with Crippen LogP contribution in [0.1, 0.15) is 39.0 Å². The van der Waals surface area contributed by atoms with Gasteiger partial charge in [0.25, 0.3) is 0 Å². The van der Waals surface area contributed by atoms with E-state index in [4.69, 9.17) is 4.74 Å². The molecule has 0 bridgehead atoms. The monoisotopic (exact) mass is 299 g/mol. The Kier molecular flexibility index (Phi) is 3.80. The summed E-state index contributed by atoms with van der Waals surface area (Å²) in [7, 11) is 0. The fourth-order valence-corrected chi connectivity index (χ4v) is 4.66. The molecule has 2 aliphatic carbocycles. The average Bonchev–Trinajstić information content (AvgIpc) is 3.28. The fourth-order valence-electron chi connectivity index (χ4n) is 3.85. The number of piperidine rings is 1. The molecule has 0 aromatic rings. The summed E-state index contributed by atoms with van der Waals surface area (Å²) in [6, 6.07) is 0. The summed E-state index contributed by atoms with van der Waals surface area (Å²) < 4.78 is 5.66. The number of thioether (sulfide) groups is 1. The van der Waals surface area contributed by atoms with Crippen LogP contribution in [0.15, 0.2) is 0 Å². The van der Waals surface area contributed by atoms with Gasteiger partial charge in [0.05, 0.1) is 17.0 Å². The largest absolute Gasteiger partial charge is 0.392 e. The van der Waals surface area contributed by atoms with E-state index in [9.17, 15) is 9.90 Å². The summed E-state index contributed by atoms with van der Waals surface area (Å²) in [5.74, 6) is 0.321. The van der Waals surface area contributed by atoms with E-state index >= 15 is 0 Å². The number of carbonyl (C=O) groups excluding carboxylic acids is 1. The van der Waals surface area contributed by atoms with Gasteiger partial charge in [-0.2, -0.15) is 0 Å². The third kappa shape index (κ3) is 2.09. The van der Waals surface area contributed by atoms with Crippen LogP contribution in [0.3, 0.4) is 0 Å². The molecule has 1 spiro atoms. The summed E-state index contributed by atoms with van der Waals surface area (Å²) in [5.41, 5.74) is -0.0805. The third-order valence-corrected chi connectivity index (χ3v) is 6.94. The molecule has 5 heteroatoms. The number of carbonyl (C=O) groups is 1. The maximum Gasteiger partial charge on any atom is 0.238 e. The van der Waals surface area contributed by atoms with E-state index in [-0.39, 0.29) is 22.4 Å². The molecule has 0 radical (unpaired) electrons. The molecule has 20 heavy (non-hydrogen) atoms. The van der Waals surface area contributed by atoms with Crippen molar-refractivity contribution in [1.82, 2.24) is 4.90 Å². The molecule has 1 N–H and O–H groups in total. The molecule has 1 saturated heterocycles. The SMILES string of the molecule is CCO[C@H]1C[C@H](O)C12CCN(C(=O)C1(SC)CC1)CC2. The minimum absolute atomic E-state index is 0.0805. The minimum Gasteiger partial charge on any atom is -0.392 e. The molecule has 0 aromatic carbocycles. The van der Waals surface area contributed by atoms with Crippen molar-refractivity contribution in [2.45, 2.75) is 56.0 Å². The number of likely N-dealkylation sites (tertiary alicyclic amines) is 1. The first-order valence-electron chi connectivity index (χ1n) is 7.72. The smallest absolute Gasteiger partial charge is 0.238 e. The molecule has 0 unspecified atom stereocenters. The molecule has 1 heterocycles. The lowest BCUT2D eigenvalue weighted by atomic mass is 9.58. The summed E-state index contributed by atoms with van der Waals surface area (Å²) in [6.45, 7) is 4.27. The molecule has 3 rings (SSSR count). The van der Waals surface area contributed by atoms with E-state index in [1.54, 1.807) is 11.8 Å². The Morgan fingerprint density at radius 2 is 2.00 bits per heavy atom. The van der Waals surface area contributed by atoms with Gasteiger partial charge in [0, 0.05) is 31.5 Å². The van der Waals surface area contributed by atoms with Crippen LogP contribution in [0.2, 0.25) is 0 Å². The molecule has 3 aliphatic rings. The summed E-state index contributed by atoms with van der Waals surface area (Å²) in [4.78, 5) is 14.5. The van der Waals surface area contributed by atoms with E-state index in [2.05, 4.69) is 0 Å². The lowest BCUT2D eigenvalue weighted by Gasteiger charge is -2.56. The number of rotatable bonds is 4. The van der Waals surface area contributed by atoms with Gasteiger partial charge in [-0.1, -0.05) is 0 Å². The highest BCUT2D eigenvalue weighted by molar-refractivity contribution is 8.01. The maximum atomic E-state index is 12.5. The minimum atomic E-state index is -0.244. The van der Waals surface area contributed by atoms with Gasteiger partial charge < -0.3 is 14.7 Å². The van der Waals surface area contributed by atoms with E-state index in [1.807, 2.05) is 18.1 Å². The Labute approximate surface area is 125 Å². The van der Waals surface area contributed by atoms with Gasteiger partial charge >= 0.3 is 0 Å². The van der Waals surface area contributed by atoms with Crippen molar-refractivity contribution >= 4 is 17.7 Å². The van der Waals surface area contributed by atoms with Crippen molar-refractivity contribution in [3.63, 3.8) is 0 Å². The van der Waals surface area contributed by atoms with Crippen LogP contribution in [0.4, 0.5) is 0 Å². The molecule has 1 aliphatic heterocycles. The summed E-state index contributed by atoms with van der Waals surface area (Å²) in [6.07, 6.45) is 6.57. The number of aliphatic hydroxyl groups is 1. The topological polar surface area (TPSA) is 49.8 Å². The number of ether oxygens (including phenoxy) is 1. The van der Waals surface area contributed by atoms with Crippen LogP contribution in [0.25, 0.3) is 0 Å². The number of nitrogens with zero attached hydrogens (tertiary/aromatic N) is 1. The Morgan fingerprint density at radius 1 is 1.35 bits per heavy atom. The number of aliphatic hydroxyl groups excluding tert-OH is 1. The number of hydrogen-bond acceptors (Lipinski definition) is 4. The lowest BCUT2D eigenvalue weighted by Crippen LogP contribution is -2.63. The van der Waals surface area contributed by atoms with Crippen LogP contribution in [0.5, 0.6) is 0 Å². The standard InChI is InChI=1S/C15H25NO3S/c1-3-19-12-10-11(17)14(12)6-8-16(9-7-14)13(18)15(20-2)4-5-15/h11-12,17H,3-10H2,1-2H3/t11-,12-/m0/s1. The van der Waals surface area contributed by atoms with Gasteiger partial charge in [0.15, 0.2) is 0 Å². The van der Waals surface area contributed by atoms with Crippen LogP contribution in [-0.2, 0) is 9.53 Å². The number of hydrogen-bond donors (Lipinski definition) is 1. The van der Waals surface area contributed by atoms with Gasteiger partial charge in [0.1, 0.15) is 0 Å². The second kappa shape index (κ2) is 5.18. The Hall–Kier alpha value is -0.260. The second-order valence-electron chi connectivity index (χ2n) is 6.42. The van der Waals surface area contributed by atoms with Gasteiger partial charge in [-0.15, -0.1) is 11.8 Å². The first-order chi connectivity index (χ1) is 9.58. The second-order valence-corrected chi connectivity index (χ2v) is 7.61. The quantitative estimate of drug-likeness (QED) is 0.858. The van der Waals surface area contributed by atoms with Crippen LogP contribution >= 0.6 is 11.8 Å². The maximum absolute atomic E-state index is 12.5. The van der Waals surface area contributed by atoms with E-state index in [0.717, 1.165) is 45.2 Å². The van der Waals surface area contributed by atoms with E-state index in [1.165, 1.54) is 0 Å². The zero-order valence-corrected chi connectivity index (χ0v) is 13.2. The Bertz CT molecular complexity index is 387. The Balaban J connectivity index is 1.60. The molecule has 3 fully saturated rings. The van der Waals surface area contributed by atoms with Gasteiger partial charge in [-0.3, -0.25) is 4.79 Å². The highest BCUT2D eigenvalue weighted by Gasteiger charge is 2.58. The molecule has 1 amide bonds. The van der Waals surface area contributed by atoms with Gasteiger partial charge in [0.2, 0.25) is 5.91 Å². The van der Waals surface area contributed by atoms with Crippen molar-refractivity contribution in [3.8, 4) is 0 Å². The van der Waals surface area contributed by atoms with Crippen molar-refractivity contribution in [2.75, 3.05) is 26.0 Å².